The van der Waals surface area contributed by atoms with Crippen LogP contribution in [0.3, 0.4) is 0 Å². The molecule has 2 aromatic rings. The Labute approximate surface area is 126 Å². The highest BCUT2D eigenvalue weighted by atomic mass is 79.9. The third-order valence-corrected chi connectivity index (χ3v) is 4.06. The standard InChI is InChI=1S/C16H15BrO3/c1-19-12-6-7-13-14(18)9-15(20-16(13)8-12)10-2-4-11(17)5-3-10/h2-8,14-15,18H,9H2,1H3. The smallest absolute Gasteiger partial charge is 0.129 e. The molecule has 2 atom stereocenters. The van der Waals surface area contributed by atoms with Gasteiger partial charge in [0.05, 0.1) is 13.2 Å². The Balaban J connectivity index is 1.92. The molecule has 0 amide bonds. The van der Waals surface area contributed by atoms with E-state index in [1.807, 2.05) is 42.5 Å². The Kier molecular flexibility index (Phi) is 3.68. The lowest BCUT2D eigenvalue weighted by Gasteiger charge is -2.30. The SMILES string of the molecule is COc1ccc2c(c1)OC(c1ccc(Br)cc1)CC2O. The van der Waals surface area contributed by atoms with Gasteiger partial charge in [0.15, 0.2) is 0 Å². The molecule has 3 rings (SSSR count). The monoisotopic (exact) mass is 334 g/mol. The van der Waals surface area contributed by atoms with Crippen LogP contribution in [0.15, 0.2) is 46.9 Å². The first-order chi connectivity index (χ1) is 9.67. The van der Waals surface area contributed by atoms with E-state index in [0.717, 1.165) is 21.3 Å². The number of benzene rings is 2. The van der Waals surface area contributed by atoms with E-state index in [2.05, 4.69) is 15.9 Å². The van der Waals surface area contributed by atoms with Crippen molar-refractivity contribution in [1.29, 1.82) is 0 Å². The molecule has 1 N–H and O–H groups in total. The van der Waals surface area contributed by atoms with Crippen LogP contribution in [0.1, 0.15) is 29.8 Å². The zero-order valence-electron chi connectivity index (χ0n) is 11.0. The van der Waals surface area contributed by atoms with Gasteiger partial charge in [0, 0.05) is 22.5 Å². The first-order valence-electron chi connectivity index (χ1n) is 6.45. The van der Waals surface area contributed by atoms with Gasteiger partial charge in [0.2, 0.25) is 0 Å². The van der Waals surface area contributed by atoms with Crippen LogP contribution in [0.5, 0.6) is 11.5 Å². The Morgan fingerprint density at radius 1 is 1.20 bits per heavy atom. The van der Waals surface area contributed by atoms with Gasteiger partial charge in [-0.15, -0.1) is 0 Å². The molecule has 3 nitrogen and oxygen atoms in total. The molecular weight excluding hydrogens is 320 g/mol. The predicted molar refractivity (Wildman–Crippen MR) is 80.1 cm³/mol. The van der Waals surface area contributed by atoms with Gasteiger partial charge in [-0.1, -0.05) is 28.1 Å². The minimum absolute atomic E-state index is 0.141. The van der Waals surface area contributed by atoms with E-state index in [9.17, 15) is 5.11 Å². The number of hydrogen-bond acceptors (Lipinski definition) is 3. The van der Waals surface area contributed by atoms with Gasteiger partial charge in [0.1, 0.15) is 17.6 Å². The van der Waals surface area contributed by atoms with Gasteiger partial charge in [0.25, 0.3) is 0 Å². The summed E-state index contributed by atoms with van der Waals surface area (Å²) in [5, 5.41) is 10.3. The first kappa shape index (κ1) is 13.5. The molecule has 0 aliphatic carbocycles. The van der Waals surface area contributed by atoms with Crippen molar-refractivity contribution in [1.82, 2.24) is 0 Å². The topological polar surface area (TPSA) is 38.7 Å². The summed E-state index contributed by atoms with van der Waals surface area (Å²) >= 11 is 3.42. The molecule has 0 bridgehead atoms. The van der Waals surface area contributed by atoms with Gasteiger partial charge >= 0.3 is 0 Å². The van der Waals surface area contributed by atoms with Crippen molar-refractivity contribution in [2.45, 2.75) is 18.6 Å². The van der Waals surface area contributed by atoms with Crippen LogP contribution in [-0.2, 0) is 0 Å². The summed E-state index contributed by atoms with van der Waals surface area (Å²) in [5.41, 5.74) is 1.87. The maximum atomic E-state index is 10.3. The maximum Gasteiger partial charge on any atom is 0.129 e. The number of methoxy groups -OCH3 is 1. The summed E-state index contributed by atoms with van der Waals surface area (Å²) in [6.07, 6.45) is -0.1000. The average molecular weight is 335 g/mol. The van der Waals surface area contributed by atoms with Gasteiger partial charge in [-0.3, -0.25) is 0 Å². The van der Waals surface area contributed by atoms with E-state index in [4.69, 9.17) is 9.47 Å². The van der Waals surface area contributed by atoms with Crippen LogP contribution < -0.4 is 9.47 Å². The summed E-state index contributed by atoms with van der Waals surface area (Å²) in [6, 6.07) is 13.5. The molecule has 2 unspecified atom stereocenters. The lowest BCUT2D eigenvalue weighted by molar-refractivity contribution is 0.0655. The van der Waals surface area contributed by atoms with Crippen molar-refractivity contribution in [2.75, 3.05) is 7.11 Å². The zero-order chi connectivity index (χ0) is 14.1. The van der Waals surface area contributed by atoms with E-state index in [-0.39, 0.29) is 6.10 Å². The number of fused-ring (bicyclic) bond motifs is 1. The second kappa shape index (κ2) is 5.46. The van der Waals surface area contributed by atoms with Crippen molar-refractivity contribution in [3.63, 3.8) is 0 Å². The second-order valence-corrected chi connectivity index (χ2v) is 5.73. The molecule has 4 heteroatoms. The van der Waals surface area contributed by atoms with E-state index < -0.39 is 6.10 Å². The Morgan fingerprint density at radius 3 is 2.65 bits per heavy atom. The van der Waals surface area contributed by atoms with E-state index in [0.29, 0.717) is 12.2 Å². The summed E-state index contributed by atoms with van der Waals surface area (Å²) in [7, 11) is 1.62. The Hall–Kier alpha value is -1.52. The van der Waals surface area contributed by atoms with E-state index >= 15 is 0 Å². The molecule has 1 heterocycles. The fraction of sp³-hybridized carbons (Fsp3) is 0.250. The van der Waals surface area contributed by atoms with Crippen molar-refractivity contribution in [3.8, 4) is 11.5 Å². The number of ether oxygens (including phenoxy) is 2. The molecule has 1 aliphatic heterocycles. The largest absolute Gasteiger partial charge is 0.497 e. The quantitative estimate of drug-likeness (QED) is 0.901. The maximum absolute atomic E-state index is 10.3. The Bertz CT molecular complexity index is 610. The Morgan fingerprint density at radius 2 is 1.95 bits per heavy atom. The molecule has 104 valence electrons. The first-order valence-corrected chi connectivity index (χ1v) is 7.25. The van der Waals surface area contributed by atoms with Crippen molar-refractivity contribution >= 4 is 15.9 Å². The number of aliphatic hydroxyl groups excluding tert-OH is 1. The third-order valence-electron chi connectivity index (χ3n) is 3.53. The lowest BCUT2D eigenvalue weighted by Crippen LogP contribution is -2.19. The second-order valence-electron chi connectivity index (χ2n) is 4.81. The number of hydrogen-bond donors (Lipinski definition) is 1. The number of rotatable bonds is 2. The highest BCUT2D eigenvalue weighted by molar-refractivity contribution is 9.10. The molecule has 0 radical (unpaired) electrons. The minimum atomic E-state index is -0.515. The predicted octanol–water partition coefficient (Wildman–Crippen LogP) is 4.01. The van der Waals surface area contributed by atoms with Gasteiger partial charge in [-0.25, -0.2) is 0 Å². The molecule has 20 heavy (non-hydrogen) atoms. The van der Waals surface area contributed by atoms with Gasteiger partial charge < -0.3 is 14.6 Å². The van der Waals surface area contributed by atoms with Gasteiger partial charge in [-0.05, 0) is 29.8 Å². The fourth-order valence-corrected chi connectivity index (χ4v) is 2.70. The van der Waals surface area contributed by atoms with Crippen LogP contribution in [0.4, 0.5) is 0 Å². The molecule has 2 aromatic carbocycles. The molecule has 0 saturated carbocycles. The molecule has 0 saturated heterocycles. The van der Waals surface area contributed by atoms with Crippen LogP contribution >= 0.6 is 15.9 Å². The normalized spacial score (nSPS) is 20.9. The fourth-order valence-electron chi connectivity index (χ4n) is 2.43. The highest BCUT2D eigenvalue weighted by Crippen LogP contribution is 2.42. The lowest BCUT2D eigenvalue weighted by atomic mass is 9.95. The summed E-state index contributed by atoms with van der Waals surface area (Å²) in [5.74, 6) is 1.42. The molecule has 0 aromatic heterocycles. The number of halogens is 1. The van der Waals surface area contributed by atoms with Crippen molar-refractivity contribution < 1.29 is 14.6 Å². The summed E-state index contributed by atoms with van der Waals surface area (Å²) < 4.78 is 12.2. The van der Waals surface area contributed by atoms with Gasteiger partial charge in [-0.2, -0.15) is 0 Å². The molecule has 0 fully saturated rings. The van der Waals surface area contributed by atoms with Crippen molar-refractivity contribution in [2.24, 2.45) is 0 Å². The van der Waals surface area contributed by atoms with Crippen molar-refractivity contribution in [3.05, 3.63) is 58.1 Å². The summed E-state index contributed by atoms with van der Waals surface area (Å²) in [6.45, 7) is 0. The van der Waals surface area contributed by atoms with Crippen LogP contribution in [-0.4, -0.2) is 12.2 Å². The summed E-state index contributed by atoms with van der Waals surface area (Å²) in [4.78, 5) is 0. The van der Waals surface area contributed by atoms with Crippen LogP contribution in [0.2, 0.25) is 0 Å². The van der Waals surface area contributed by atoms with Crippen LogP contribution in [0, 0.1) is 0 Å². The number of aliphatic hydroxyl groups is 1. The van der Waals surface area contributed by atoms with E-state index in [1.165, 1.54) is 0 Å². The molecular formula is C16H15BrO3. The van der Waals surface area contributed by atoms with E-state index in [1.54, 1.807) is 7.11 Å². The minimum Gasteiger partial charge on any atom is -0.497 e. The molecule has 1 aliphatic rings. The highest BCUT2D eigenvalue weighted by Gasteiger charge is 2.28. The third kappa shape index (κ3) is 2.53. The average Bonchev–Trinajstić information content (AvgIpc) is 2.47. The van der Waals surface area contributed by atoms with Crippen LogP contribution in [0.25, 0.3) is 0 Å². The zero-order valence-corrected chi connectivity index (χ0v) is 12.6. The molecule has 0 spiro atoms.